The molecule has 0 heterocycles. The van der Waals surface area contributed by atoms with Gasteiger partial charge in [-0.3, -0.25) is 0 Å². The number of rotatable bonds is 3. The molecular formula is C7H14NO2. The smallest absolute Gasteiger partial charge is 0.429 e. The van der Waals surface area contributed by atoms with E-state index in [0.717, 1.165) is 6.42 Å². The van der Waals surface area contributed by atoms with Crippen molar-refractivity contribution in [1.29, 1.82) is 0 Å². The summed E-state index contributed by atoms with van der Waals surface area (Å²) < 4.78 is 4.75. The van der Waals surface area contributed by atoms with Crippen LogP contribution in [0.4, 0.5) is 4.79 Å². The highest BCUT2D eigenvalue weighted by Gasteiger charge is 2.03. The van der Waals surface area contributed by atoms with Crippen LogP contribution in [0.2, 0.25) is 0 Å². The summed E-state index contributed by atoms with van der Waals surface area (Å²) in [4.78, 5) is 10.6. The van der Waals surface area contributed by atoms with Crippen molar-refractivity contribution in [3.63, 3.8) is 0 Å². The highest BCUT2D eigenvalue weighted by molar-refractivity contribution is 5.66. The summed E-state index contributed by atoms with van der Waals surface area (Å²) in [6, 6.07) is 0. The lowest BCUT2D eigenvalue weighted by Crippen LogP contribution is -2.20. The van der Waals surface area contributed by atoms with Crippen molar-refractivity contribution in [2.24, 2.45) is 0 Å². The lowest BCUT2D eigenvalue weighted by atomic mass is 10.5. The molecule has 0 fully saturated rings. The van der Waals surface area contributed by atoms with E-state index in [0.29, 0.717) is 6.54 Å². The molecule has 0 bridgehead atoms. The average molecular weight is 144 g/mol. The van der Waals surface area contributed by atoms with Gasteiger partial charge in [-0.25, -0.2) is 10.1 Å². The number of ether oxygens (including phenoxy) is 1. The van der Waals surface area contributed by atoms with Crippen molar-refractivity contribution >= 4 is 6.09 Å². The Balaban J connectivity index is 3.26. The van der Waals surface area contributed by atoms with Crippen molar-refractivity contribution in [1.82, 2.24) is 5.32 Å². The number of carbonyl (C=O) groups excluding carboxylic acids is 1. The minimum Gasteiger partial charge on any atom is -0.445 e. The first-order chi connectivity index (χ1) is 4.66. The molecule has 0 aliphatic rings. The molecule has 0 rings (SSSR count). The highest BCUT2D eigenvalue weighted by atomic mass is 16.6. The maximum atomic E-state index is 10.6. The van der Waals surface area contributed by atoms with Crippen molar-refractivity contribution in [3.8, 4) is 0 Å². The molecule has 1 radical (unpaired) electrons. The zero-order valence-corrected chi connectivity index (χ0v) is 6.76. The molecule has 59 valence electrons. The van der Waals surface area contributed by atoms with Crippen LogP contribution in [0.15, 0.2) is 0 Å². The van der Waals surface area contributed by atoms with Gasteiger partial charge in [-0.1, -0.05) is 6.92 Å². The molecule has 3 heteroatoms. The molecule has 0 aromatic carbocycles. The quantitative estimate of drug-likeness (QED) is 0.602. The highest BCUT2D eigenvalue weighted by Crippen LogP contribution is 1.88. The first-order valence-electron chi connectivity index (χ1n) is 3.55. The standard InChI is InChI=1S/C7H14NO2/c1-4-5-8-7(9)10-6(2)3/h6H,4-5H2,1-3H3. The minimum atomic E-state index is -0.447. The van der Waals surface area contributed by atoms with Gasteiger partial charge in [0.2, 0.25) is 0 Å². The molecule has 1 amide bonds. The van der Waals surface area contributed by atoms with Crippen LogP contribution in [0.25, 0.3) is 0 Å². The molecule has 0 aromatic heterocycles. The van der Waals surface area contributed by atoms with Gasteiger partial charge in [-0.2, -0.15) is 0 Å². The van der Waals surface area contributed by atoms with Gasteiger partial charge in [-0.05, 0) is 20.3 Å². The van der Waals surface area contributed by atoms with Crippen LogP contribution >= 0.6 is 0 Å². The van der Waals surface area contributed by atoms with Gasteiger partial charge in [0.25, 0.3) is 0 Å². The number of hydrogen-bond donors (Lipinski definition) is 0. The van der Waals surface area contributed by atoms with Crippen molar-refractivity contribution in [3.05, 3.63) is 0 Å². The molecule has 0 saturated carbocycles. The number of carbonyl (C=O) groups is 1. The first kappa shape index (κ1) is 9.27. The third kappa shape index (κ3) is 5.41. The third-order valence-electron chi connectivity index (χ3n) is 0.801. The Labute approximate surface area is 61.8 Å². The topological polar surface area (TPSA) is 40.4 Å². The number of nitrogens with zero attached hydrogens (tertiary/aromatic N) is 1. The van der Waals surface area contributed by atoms with Crippen LogP contribution in [0.5, 0.6) is 0 Å². The monoisotopic (exact) mass is 144 g/mol. The van der Waals surface area contributed by atoms with E-state index >= 15 is 0 Å². The molecule has 10 heavy (non-hydrogen) atoms. The zero-order chi connectivity index (χ0) is 7.98. The SMILES string of the molecule is CCC[N]C(=O)OC(C)C. The van der Waals surface area contributed by atoms with E-state index < -0.39 is 6.09 Å². The second-order valence-electron chi connectivity index (χ2n) is 2.31. The molecule has 0 N–H and O–H groups in total. The molecule has 0 aliphatic carbocycles. The van der Waals surface area contributed by atoms with E-state index in [1.54, 1.807) is 13.8 Å². The van der Waals surface area contributed by atoms with Gasteiger partial charge < -0.3 is 4.74 Å². The predicted molar refractivity (Wildman–Crippen MR) is 38.9 cm³/mol. The summed E-state index contributed by atoms with van der Waals surface area (Å²) in [5.41, 5.74) is 0. The molecule has 0 aliphatic heterocycles. The third-order valence-corrected chi connectivity index (χ3v) is 0.801. The van der Waals surface area contributed by atoms with Crippen LogP contribution in [0, 0.1) is 0 Å². The first-order valence-corrected chi connectivity index (χ1v) is 3.55. The van der Waals surface area contributed by atoms with E-state index in [4.69, 9.17) is 4.74 Å². The molecule has 3 nitrogen and oxygen atoms in total. The fourth-order valence-corrected chi connectivity index (χ4v) is 0.442. The number of hydrogen-bond acceptors (Lipinski definition) is 2. The van der Waals surface area contributed by atoms with Gasteiger partial charge >= 0.3 is 6.09 Å². The number of amides is 1. The van der Waals surface area contributed by atoms with Gasteiger partial charge in [0, 0.05) is 6.54 Å². The molecule has 0 unspecified atom stereocenters. The molecule has 0 aromatic rings. The fourth-order valence-electron chi connectivity index (χ4n) is 0.442. The van der Waals surface area contributed by atoms with E-state index in [1.807, 2.05) is 6.92 Å². The zero-order valence-electron chi connectivity index (χ0n) is 6.76. The summed E-state index contributed by atoms with van der Waals surface area (Å²) >= 11 is 0. The largest absolute Gasteiger partial charge is 0.445 e. The van der Waals surface area contributed by atoms with Gasteiger partial charge in [0.05, 0.1) is 6.10 Å². The summed E-state index contributed by atoms with van der Waals surface area (Å²) in [6.45, 7) is 6.14. The molecule has 0 spiro atoms. The van der Waals surface area contributed by atoms with Crippen LogP contribution in [0.1, 0.15) is 27.2 Å². The summed E-state index contributed by atoms with van der Waals surface area (Å²) in [6.07, 6.45) is 0.373. The maximum absolute atomic E-state index is 10.6. The van der Waals surface area contributed by atoms with Crippen LogP contribution in [0.3, 0.4) is 0 Å². The van der Waals surface area contributed by atoms with Crippen molar-refractivity contribution < 1.29 is 9.53 Å². The second-order valence-corrected chi connectivity index (χ2v) is 2.31. The normalized spacial score (nSPS) is 9.60. The van der Waals surface area contributed by atoms with Gasteiger partial charge in [0.1, 0.15) is 0 Å². The van der Waals surface area contributed by atoms with E-state index in [9.17, 15) is 4.79 Å². The second kappa shape index (κ2) is 5.09. The van der Waals surface area contributed by atoms with Crippen LogP contribution in [-0.2, 0) is 4.74 Å². The Bertz CT molecular complexity index is 102. The van der Waals surface area contributed by atoms with Crippen molar-refractivity contribution in [2.75, 3.05) is 6.54 Å². The van der Waals surface area contributed by atoms with E-state index in [1.165, 1.54) is 0 Å². The molecule has 0 atom stereocenters. The van der Waals surface area contributed by atoms with Crippen LogP contribution < -0.4 is 5.32 Å². The van der Waals surface area contributed by atoms with E-state index in [-0.39, 0.29) is 6.10 Å². The Morgan fingerprint density at radius 2 is 2.20 bits per heavy atom. The Kier molecular flexibility index (Phi) is 4.72. The maximum Gasteiger partial charge on any atom is 0.429 e. The lowest BCUT2D eigenvalue weighted by Gasteiger charge is -2.05. The summed E-state index contributed by atoms with van der Waals surface area (Å²) in [5, 5.41) is 3.62. The average Bonchev–Trinajstić information content (AvgIpc) is 1.82. The Hall–Kier alpha value is -0.730. The molecule has 0 saturated heterocycles. The Morgan fingerprint density at radius 3 is 2.60 bits per heavy atom. The van der Waals surface area contributed by atoms with Gasteiger partial charge in [0.15, 0.2) is 0 Å². The Morgan fingerprint density at radius 1 is 1.60 bits per heavy atom. The molecular weight excluding hydrogens is 130 g/mol. The lowest BCUT2D eigenvalue weighted by molar-refractivity contribution is 0.115. The summed E-state index contributed by atoms with van der Waals surface area (Å²) in [7, 11) is 0. The predicted octanol–water partition coefficient (Wildman–Crippen LogP) is 1.55. The van der Waals surface area contributed by atoms with E-state index in [2.05, 4.69) is 5.32 Å². The van der Waals surface area contributed by atoms with Crippen molar-refractivity contribution in [2.45, 2.75) is 33.3 Å². The van der Waals surface area contributed by atoms with Gasteiger partial charge in [-0.15, -0.1) is 0 Å². The fraction of sp³-hybridized carbons (Fsp3) is 0.857. The minimum absolute atomic E-state index is 0.0619. The summed E-state index contributed by atoms with van der Waals surface area (Å²) in [5.74, 6) is 0. The van der Waals surface area contributed by atoms with Crippen LogP contribution in [-0.4, -0.2) is 18.7 Å².